The number of nitrogens with one attached hydrogen (secondary N) is 1. The second-order valence-corrected chi connectivity index (χ2v) is 6.11. The third-order valence-corrected chi connectivity index (χ3v) is 4.60. The average molecular weight is 335 g/mol. The van der Waals surface area contributed by atoms with Gasteiger partial charge in [-0.2, -0.15) is 0 Å². The number of methoxy groups -OCH3 is 1. The summed E-state index contributed by atoms with van der Waals surface area (Å²) >= 11 is 0. The Morgan fingerprint density at radius 1 is 1.16 bits per heavy atom. The number of ether oxygens (including phenoxy) is 2. The highest BCUT2D eigenvalue weighted by Gasteiger charge is 2.36. The lowest BCUT2D eigenvalue weighted by atomic mass is 9.96. The highest BCUT2D eigenvalue weighted by atomic mass is 16.5. The monoisotopic (exact) mass is 335 g/mol. The number of para-hydroxylation sites is 1. The Morgan fingerprint density at radius 2 is 1.96 bits per heavy atom. The maximum absolute atomic E-state index is 12.6. The van der Waals surface area contributed by atoms with Gasteiger partial charge in [-0.05, 0) is 29.3 Å². The molecule has 4 rings (SSSR count). The number of esters is 1. The largest absolute Gasteiger partial charge is 0.497 e. The standard InChI is InChI=1S/C20H17NO4/c1-11(22)25-18-10-16(13-8-7-12(24-2)9-15(13)18)19-14-5-3-4-6-17(14)21-20(19)23/h3-9,18H,10H2,1-2H3,(H,21,23). The maximum Gasteiger partial charge on any atom is 0.303 e. The first kappa shape index (κ1) is 15.4. The van der Waals surface area contributed by atoms with E-state index in [4.69, 9.17) is 9.47 Å². The quantitative estimate of drug-likeness (QED) is 0.673. The average Bonchev–Trinajstić information content (AvgIpc) is 3.10. The Balaban J connectivity index is 1.90. The molecule has 0 spiro atoms. The van der Waals surface area contributed by atoms with E-state index in [1.807, 2.05) is 42.5 Å². The van der Waals surface area contributed by atoms with Gasteiger partial charge in [0.05, 0.1) is 12.7 Å². The number of fused-ring (bicyclic) bond motifs is 2. The van der Waals surface area contributed by atoms with Crippen LogP contribution in [-0.4, -0.2) is 19.0 Å². The molecular formula is C20H17NO4. The number of amides is 1. The third-order valence-electron chi connectivity index (χ3n) is 4.60. The first-order valence-electron chi connectivity index (χ1n) is 8.08. The minimum atomic E-state index is -0.411. The molecule has 126 valence electrons. The third kappa shape index (κ3) is 2.48. The van der Waals surface area contributed by atoms with Crippen molar-refractivity contribution in [2.75, 3.05) is 12.4 Å². The van der Waals surface area contributed by atoms with Crippen molar-refractivity contribution >= 4 is 28.7 Å². The van der Waals surface area contributed by atoms with Gasteiger partial charge in [0.25, 0.3) is 5.91 Å². The summed E-state index contributed by atoms with van der Waals surface area (Å²) in [4.78, 5) is 24.1. The molecule has 1 N–H and O–H groups in total. The van der Waals surface area contributed by atoms with Gasteiger partial charge in [-0.25, -0.2) is 0 Å². The van der Waals surface area contributed by atoms with E-state index in [2.05, 4.69) is 5.32 Å². The van der Waals surface area contributed by atoms with Crippen molar-refractivity contribution in [3.63, 3.8) is 0 Å². The Labute approximate surface area is 145 Å². The van der Waals surface area contributed by atoms with Crippen LogP contribution in [0.25, 0.3) is 11.1 Å². The number of hydrogen-bond acceptors (Lipinski definition) is 4. The lowest BCUT2D eigenvalue weighted by Gasteiger charge is -2.12. The van der Waals surface area contributed by atoms with Crippen molar-refractivity contribution in [2.45, 2.75) is 19.4 Å². The van der Waals surface area contributed by atoms with Crippen molar-refractivity contribution in [2.24, 2.45) is 0 Å². The van der Waals surface area contributed by atoms with Crippen molar-refractivity contribution in [1.82, 2.24) is 0 Å². The maximum atomic E-state index is 12.6. The summed E-state index contributed by atoms with van der Waals surface area (Å²) in [6.07, 6.45) is 0.0600. The van der Waals surface area contributed by atoms with Gasteiger partial charge < -0.3 is 14.8 Å². The van der Waals surface area contributed by atoms with Crippen molar-refractivity contribution in [3.05, 3.63) is 59.2 Å². The van der Waals surface area contributed by atoms with Crippen molar-refractivity contribution in [3.8, 4) is 5.75 Å². The van der Waals surface area contributed by atoms with Crippen LogP contribution in [0, 0.1) is 0 Å². The molecule has 0 radical (unpaired) electrons. The molecule has 2 aromatic carbocycles. The molecular weight excluding hydrogens is 318 g/mol. The van der Waals surface area contributed by atoms with Gasteiger partial charge in [0.15, 0.2) is 0 Å². The Kier molecular flexibility index (Phi) is 3.57. The predicted molar refractivity (Wildman–Crippen MR) is 94.0 cm³/mol. The molecule has 2 aliphatic rings. The van der Waals surface area contributed by atoms with Gasteiger partial charge in [-0.3, -0.25) is 9.59 Å². The van der Waals surface area contributed by atoms with Crippen LogP contribution < -0.4 is 10.1 Å². The molecule has 0 saturated heterocycles. The minimum absolute atomic E-state index is 0.124. The summed E-state index contributed by atoms with van der Waals surface area (Å²) in [5.41, 5.74) is 5.03. The van der Waals surface area contributed by atoms with E-state index in [1.54, 1.807) is 7.11 Å². The first-order valence-corrected chi connectivity index (χ1v) is 8.08. The summed E-state index contributed by atoms with van der Waals surface area (Å²) in [5.74, 6) is 0.223. The Morgan fingerprint density at radius 3 is 2.72 bits per heavy atom. The number of benzene rings is 2. The van der Waals surface area contributed by atoms with Gasteiger partial charge >= 0.3 is 5.97 Å². The molecule has 1 aliphatic heterocycles. The number of carbonyl (C=O) groups is 2. The Hall–Kier alpha value is -3.08. The number of rotatable bonds is 2. The fourth-order valence-corrected chi connectivity index (χ4v) is 3.57. The fraction of sp³-hybridized carbons (Fsp3) is 0.200. The zero-order chi connectivity index (χ0) is 17.6. The van der Waals surface area contributed by atoms with Gasteiger partial charge in [-0.1, -0.05) is 24.3 Å². The topological polar surface area (TPSA) is 64.6 Å². The second-order valence-electron chi connectivity index (χ2n) is 6.11. The van der Waals surface area contributed by atoms with Crippen LogP contribution in [0.2, 0.25) is 0 Å². The Bertz CT molecular complexity index is 929. The van der Waals surface area contributed by atoms with Gasteiger partial charge in [0.1, 0.15) is 11.9 Å². The molecule has 5 nitrogen and oxygen atoms in total. The van der Waals surface area contributed by atoms with E-state index in [0.29, 0.717) is 17.7 Å². The van der Waals surface area contributed by atoms with Crippen LogP contribution in [0.15, 0.2) is 42.5 Å². The van der Waals surface area contributed by atoms with E-state index in [9.17, 15) is 9.59 Å². The molecule has 1 unspecified atom stereocenters. The molecule has 1 amide bonds. The van der Waals surface area contributed by atoms with Crippen LogP contribution in [0.5, 0.6) is 5.75 Å². The molecule has 5 heteroatoms. The molecule has 2 aromatic rings. The summed E-state index contributed by atoms with van der Waals surface area (Å²) in [7, 11) is 1.59. The van der Waals surface area contributed by atoms with E-state index in [1.165, 1.54) is 6.92 Å². The van der Waals surface area contributed by atoms with Crippen LogP contribution in [0.1, 0.15) is 36.1 Å². The minimum Gasteiger partial charge on any atom is -0.497 e. The molecule has 0 bridgehead atoms. The number of hydrogen-bond donors (Lipinski definition) is 1. The SMILES string of the molecule is COc1ccc2c(c1)C(OC(C)=O)CC2=C1C(=O)Nc2ccccc21. The van der Waals surface area contributed by atoms with Crippen molar-refractivity contribution in [1.29, 1.82) is 0 Å². The second kappa shape index (κ2) is 5.77. The van der Waals surface area contributed by atoms with Gasteiger partial charge in [0.2, 0.25) is 0 Å². The van der Waals surface area contributed by atoms with E-state index < -0.39 is 6.10 Å². The number of carbonyl (C=O) groups excluding carboxylic acids is 2. The van der Waals surface area contributed by atoms with Crippen molar-refractivity contribution < 1.29 is 19.1 Å². The summed E-state index contributed by atoms with van der Waals surface area (Å²) in [6, 6.07) is 13.3. The first-order chi connectivity index (χ1) is 12.1. The van der Waals surface area contributed by atoms with Gasteiger partial charge in [-0.15, -0.1) is 0 Å². The lowest BCUT2D eigenvalue weighted by Crippen LogP contribution is -2.06. The normalized spacial score (nSPS) is 20.7. The summed E-state index contributed by atoms with van der Waals surface area (Å²) < 4.78 is 10.8. The molecule has 0 fully saturated rings. The summed E-state index contributed by atoms with van der Waals surface area (Å²) in [6.45, 7) is 1.39. The fourth-order valence-electron chi connectivity index (χ4n) is 3.57. The highest BCUT2D eigenvalue weighted by Crippen LogP contribution is 2.48. The molecule has 1 aliphatic carbocycles. The van der Waals surface area contributed by atoms with Crippen LogP contribution in [0.3, 0.4) is 0 Å². The lowest BCUT2D eigenvalue weighted by molar-refractivity contribution is -0.146. The summed E-state index contributed by atoms with van der Waals surface area (Å²) in [5, 5.41) is 2.90. The zero-order valence-corrected chi connectivity index (χ0v) is 14.0. The molecule has 1 heterocycles. The van der Waals surface area contributed by atoms with Crippen LogP contribution in [0.4, 0.5) is 5.69 Å². The zero-order valence-electron chi connectivity index (χ0n) is 14.0. The molecule has 0 aromatic heterocycles. The number of anilines is 1. The van der Waals surface area contributed by atoms with Gasteiger partial charge in [0, 0.05) is 30.2 Å². The van der Waals surface area contributed by atoms with E-state index in [0.717, 1.165) is 28.0 Å². The predicted octanol–water partition coefficient (Wildman–Crippen LogP) is 3.57. The smallest absolute Gasteiger partial charge is 0.303 e. The molecule has 1 atom stereocenters. The molecule has 25 heavy (non-hydrogen) atoms. The van der Waals surface area contributed by atoms with Crippen LogP contribution >= 0.6 is 0 Å². The highest BCUT2D eigenvalue weighted by molar-refractivity contribution is 6.37. The van der Waals surface area contributed by atoms with E-state index >= 15 is 0 Å². The van der Waals surface area contributed by atoms with Crippen LogP contribution in [-0.2, 0) is 14.3 Å². The molecule has 0 saturated carbocycles. The van der Waals surface area contributed by atoms with E-state index in [-0.39, 0.29) is 11.9 Å².